The van der Waals surface area contributed by atoms with E-state index in [1.54, 1.807) is 0 Å². The summed E-state index contributed by atoms with van der Waals surface area (Å²) in [6, 6.07) is 5.02. The van der Waals surface area contributed by atoms with Gasteiger partial charge in [-0.2, -0.15) is 0 Å². The average molecular weight is 311 g/mol. The van der Waals surface area contributed by atoms with Crippen LogP contribution in [0.4, 0.5) is 5.82 Å². The van der Waals surface area contributed by atoms with Crippen molar-refractivity contribution in [1.82, 2.24) is 15.2 Å². The van der Waals surface area contributed by atoms with Gasteiger partial charge in [-0.05, 0) is 38.6 Å². The van der Waals surface area contributed by atoms with Gasteiger partial charge in [0.05, 0.1) is 10.7 Å². The van der Waals surface area contributed by atoms with Gasteiger partial charge in [0, 0.05) is 32.2 Å². The number of halogens is 1. The Balaban J connectivity index is 2.03. The fourth-order valence-corrected chi connectivity index (χ4v) is 2.90. The number of nitrogens with zero attached hydrogens (tertiary/aromatic N) is 3. The third kappa shape index (κ3) is 4.56. The molecule has 2 heterocycles. The van der Waals surface area contributed by atoms with Gasteiger partial charge >= 0.3 is 0 Å². The third-order valence-corrected chi connectivity index (χ3v) is 4.47. The molecule has 1 unspecified atom stereocenters. The average Bonchev–Trinajstić information content (AvgIpc) is 2.83. The summed E-state index contributed by atoms with van der Waals surface area (Å²) in [5.74, 6) is 1.00. The second-order valence-electron chi connectivity index (χ2n) is 6.29. The van der Waals surface area contributed by atoms with Gasteiger partial charge in [0.25, 0.3) is 0 Å². The molecule has 0 bridgehead atoms. The van der Waals surface area contributed by atoms with Crippen LogP contribution in [0.2, 0.25) is 5.02 Å². The van der Waals surface area contributed by atoms with Gasteiger partial charge in [-0.15, -0.1) is 0 Å². The van der Waals surface area contributed by atoms with Crippen molar-refractivity contribution in [3.05, 3.63) is 22.8 Å². The Morgan fingerprint density at radius 1 is 1.48 bits per heavy atom. The first-order valence-electron chi connectivity index (χ1n) is 7.77. The van der Waals surface area contributed by atoms with Crippen molar-refractivity contribution >= 4 is 17.4 Å². The smallest absolute Gasteiger partial charge is 0.128 e. The number of hydrogen-bond donors (Lipinski definition) is 1. The summed E-state index contributed by atoms with van der Waals surface area (Å²) < 4.78 is 0. The zero-order valence-electron chi connectivity index (χ0n) is 13.6. The van der Waals surface area contributed by atoms with Crippen molar-refractivity contribution in [3.8, 4) is 0 Å². The normalized spacial score (nSPS) is 19.4. The highest BCUT2D eigenvalue weighted by Crippen LogP contribution is 2.21. The van der Waals surface area contributed by atoms with Gasteiger partial charge in [-0.1, -0.05) is 25.4 Å². The Labute approximate surface area is 133 Å². The molecular formula is C16H27ClN4. The number of rotatable bonds is 6. The minimum absolute atomic E-state index is 0.427. The van der Waals surface area contributed by atoms with E-state index in [0.717, 1.165) is 23.1 Å². The molecule has 1 aliphatic heterocycles. The largest absolute Gasteiger partial charge is 0.358 e. The molecule has 0 saturated carbocycles. The molecule has 4 nitrogen and oxygen atoms in total. The van der Waals surface area contributed by atoms with Gasteiger partial charge in [0.15, 0.2) is 0 Å². The second-order valence-corrected chi connectivity index (χ2v) is 6.70. The van der Waals surface area contributed by atoms with Crippen molar-refractivity contribution < 1.29 is 0 Å². The summed E-state index contributed by atoms with van der Waals surface area (Å²) in [6.45, 7) is 7.18. The molecule has 1 atom stereocenters. The van der Waals surface area contributed by atoms with Crippen molar-refractivity contribution in [2.45, 2.75) is 45.3 Å². The number of pyridine rings is 1. The Kier molecular flexibility index (Phi) is 5.85. The SMILES string of the molecule is CC(C)NCc1nc(N(C)CC2CCCN2C)ccc1Cl. The number of aromatic nitrogens is 1. The predicted octanol–water partition coefficient (Wildman–Crippen LogP) is 2.76. The lowest BCUT2D eigenvalue weighted by Gasteiger charge is -2.27. The number of likely N-dealkylation sites (N-methyl/N-ethyl adjacent to an activating group) is 2. The maximum absolute atomic E-state index is 6.25. The van der Waals surface area contributed by atoms with Crippen molar-refractivity contribution in [1.29, 1.82) is 0 Å². The first kappa shape index (κ1) is 16.5. The topological polar surface area (TPSA) is 31.4 Å². The molecule has 1 aromatic rings. The van der Waals surface area contributed by atoms with Crippen LogP contribution in [0, 0.1) is 0 Å². The van der Waals surface area contributed by atoms with Crippen molar-refractivity contribution in [3.63, 3.8) is 0 Å². The minimum atomic E-state index is 0.427. The standard InChI is InChI=1S/C16H27ClN4/c1-12(2)18-10-15-14(17)7-8-16(19-15)21(4)11-13-6-5-9-20(13)3/h7-8,12-13,18H,5-6,9-11H2,1-4H3. The Morgan fingerprint density at radius 2 is 2.24 bits per heavy atom. The molecule has 1 fully saturated rings. The molecule has 1 saturated heterocycles. The fraction of sp³-hybridized carbons (Fsp3) is 0.688. The molecular weight excluding hydrogens is 284 g/mol. The molecule has 2 rings (SSSR count). The molecule has 1 aromatic heterocycles. The summed E-state index contributed by atoms with van der Waals surface area (Å²) >= 11 is 6.25. The molecule has 0 spiro atoms. The van der Waals surface area contributed by atoms with Crippen LogP contribution in [0.15, 0.2) is 12.1 Å². The number of likely N-dealkylation sites (tertiary alicyclic amines) is 1. The molecule has 118 valence electrons. The summed E-state index contributed by atoms with van der Waals surface area (Å²) in [5, 5.41) is 4.11. The Morgan fingerprint density at radius 3 is 2.86 bits per heavy atom. The Hall–Kier alpha value is -0.840. The molecule has 0 aromatic carbocycles. The highest BCUT2D eigenvalue weighted by Gasteiger charge is 2.22. The first-order chi connectivity index (χ1) is 9.97. The second kappa shape index (κ2) is 7.43. The van der Waals surface area contributed by atoms with Crippen LogP contribution in [-0.4, -0.2) is 49.2 Å². The van der Waals surface area contributed by atoms with Gasteiger partial charge in [-0.3, -0.25) is 0 Å². The molecule has 0 aliphatic carbocycles. The molecule has 0 amide bonds. The highest BCUT2D eigenvalue weighted by molar-refractivity contribution is 6.31. The fourth-order valence-electron chi connectivity index (χ4n) is 2.73. The van der Waals surface area contributed by atoms with Crippen molar-refractivity contribution in [2.75, 3.05) is 32.1 Å². The van der Waals surface area contributed by atoms with Crippen LogP contribution in [0.25, 0.3) is 0 Å². The van der Waals surface area contributed by atoms with Crippen LogP contribution in [0.1, 0.15) is 32.4 Å². The van der Waals surface area contributed by atoms with E-state index in [9.17, 15) is 0 Å². The van der Waals surface area contributed by atoms with Crippen LogP contribution >= 0.6 is 11.6 Å². The van der Waals surface area contributed by atoms with Crippen LogP contribution in [0.5, 0.6) is 0 Å². The summed E-state index contributed by atoms with van der Waals surface area (Å²) in [5.41, 5.74) is 0.925. The lowest BCUT2D eigenvalue weighted by Crippen LogP contribution is -2.37. The van der Waals surface area contributed by atoms with E-state index in [0.29, 0.717) is 18.6 Å². The Bertz CT molecular complexity index is 464. The first-order valence-corrected chi connectivity index (χ1v) is 8.15. The van der Waals surface area contributed by atoms with Gasteiger partial charge < -0.3 is 15.1 Å². The van der Waals surface area contributed by atoms with Crippen LogP contribution in [-0.2, 0) is 6.54 Å². The predicted molar refractivity (Wildman–Crippen MR) is 90.1 cm³/mol. The molecule has 1 aliphatic rings. The van der Waals surface area contributed by atoms with Crippen LogP contribution in [0.3, 0.4) is 0 Å². The monoisotopic (exact) mass is 310 g/mol. The van der Waals surface area contributed by atoms with Crippen LogP contribution < -0.4 is 10.2 Å². The summed E-state index contributed by atoms with van der Waals surface area (Å²) in [7, 11) is 4.32. The van der Waals surface area contributed by atoms with Crippen molar-refractivity contribution in [2.24, 2.45) is 0 Å². The van der Waals surface area contributed by atoms with E-state index in [4.69, 9.17) is 16.6 Å². The summed E-state index contributed by atoms with van der Waals surface area (Å²) in [6.07, 6.45) is 2.57. The number of anilines is 1. The third-order valence-electron chi connectivity index (χ3n) is 4.13. The van der Waals surface area contributed by atoms with Gasteiger partial charge in [0.1, 0.15) is 5.82 Å². The van der Waals surface area contributed by atoms with E-state index in [-0.39, 0.29) is 0 Å². The minimum Gasteiger partial charge on any atom is -0.358 e. The molecule has 5 heteroatoms. The van der Waals surface area contributed by atoms with E-state index in [1.165, 1.54) is 19.4 Å². The number of nitrogens with one attached hydrogen (secondary N) is 1. The zero-order valence-corrected chi connectivity index (χ0v) is 14.3. The van der Waals surface area contributed by atoms with Gasteiger partial charge in [-0.25, -0.2) is 4.98 Å². The van der Waals surface area contributed by atoms with E-state index in [2.05, 4.69) is 43.1 Å². The lowest BCUT2D eigenvalue weighted by molar-refractivity contribution is 0.314. The van der Waals surface area contributed by atoms with Gasteiger partial charge in [0.2, 0.25) is 0 Å². The maximum Gasteiger partial charge on any atom is 0.128 e. The maximum atomic E-state index is 6.25. The zero-order chi connectivity index (χ0) is 15.4. The lowest BCUT2D eigenvalue weighted by atomic mass is 10.2. The molecule has 0 radical (unpaired) electrons. The van der Waals surface area contributed by atoms with E-state index < -0.39 is 0 Å². The molecule has 1 N–H and O–H groups in total. The van der Waals surface area contributed by atoms with E-state index in [1.807, 2.05) is 12.1 Å². The van der Waals surface area contributed by atoms with E-state index >= 15 is 0 Å². The molecule has 21 heavy (non-hydrogen) atoms. The quantitative estimate of drug-likeness (QED) is 0.875. The summed E-state index contributed by atoms with van der Waals surface area (Å²) in [4.78, 5) is 9.40. The number of hydrogen-bond acceptors (Lipinski definition) is 4. The highest BCUT2D eigenvalue weighted by atomic mass is 35.5.